The maximum atomic E-state index is 14.2. The molecule has 1 spiro atoms. The van der Waals surface area contributed by atoms with Crippen LogP contribution in [-0.2, 0) is 9.53 Å². The zero-order valence-electron chi connectivity index (χ0n) is 24.5. The van der Waals surface area contributed by atoms with Crippen LogP contribution in [0.2, 0.25) is 0 Å². The van der Waals surface area contributed by atoms with Gasteiger partial charge in [0.15, 0.2) is 11.6 Å². The Morgan fingerprint density at radius 2 is 1.59 bits per heavy atom. The number of halogens is 2. The monoisotopic (exact) mass is 547 g/mol. The fourth-order valence-corrected chi connectivity index (χ4v) is 6.80. The second kappa shape index (κ2) is 11.7. The number of carbonyl (C=O) groups excluding carboxylic acids is 2. The zero-order valence-corrected chi connectivity index (χ0v) is 24.5. The number of amides is 2. The lowest BCUT2D eigenvalue weighted by atomic mass is 9.65. The van der Waals surface area contributed by atoms with E-state index in [9.17, 15) is 18.4 Å². The minimum atomic E-state index is -0.890. The summed E-state index contributed by atoms with van der Waals surface area (Å²) in [5.74, 6) is -1.49. The number of hydrogen-bond donors (Lipinski definition) is 1. The first-order valence-corrected chi connectivity index (χ1v) is 14.8. The highest BCUT2D eigenvalue weighted by Crippen LogP contribution is 2.47. The van der Waals surface area contributed by atoms with E-state index in [0.717, 1.165) is 83.6 Å². The van der Waals surface area contributed by atoms with E-state index < -0.39 is 28.8 Å². The molecule has 2 aliphatic heterocycles. The van der Waals surface area contributed by atoms with E-state index in [4.69, 9.17) is 4.74 Å². The highest BCUT2D eigenvalue weighted by atomic mass is 19.2. The number of benzene rings is 1. The third-order valence-corrected chi connectivity index (χ3v) is 9.33. The van der Waals surface area contributed by atoms with E-state index in [1.165, 1.54) is 6.07 Å². The van der Waals surface area contributed by atoms with E-state index in [1.807, 2.05) is 25.7 Å². The van der Waals surface area contributed by atoms with E-state index in [1.54, 1.807) is 6.07 Å². The van der Waals surface area contributed by atoms with Gasteiger partial charge in [0, 0.05) is 25.0 Å². The molecule has 1 aliphatic carbocycles. The summed E-state index contributed by atoms with van der Waals surface area (Å²) in [5, 5.41) is 3.22. The number of likely N-dealkylation sites (tertiary alicyclic amines) is 2. The van der Waals surface area contributed by atoms with Gasteiger partial charge in [-0.15, -0.1) is 0 Å². The molecule has 1 saturated carbocycles. The Labute approximate surface area is 232 Å². The van der Waals surface area contributed by atoms with Crippen LogP contribution in [0.15, 0.2) is 18.2 Å². The molecular weight excluding hydrogens is 500 g/mol. The Bertz CT molecular complexity index is 1010. The highest BCUT2D eigenvalue weighted by molar-refractivity contribution is 5.77. The van der Waals surface area contributed by atoms with Crippen LogP contribution in [0.5, 0.6) is 0 Å². The Kier molecular flexibility index (Phi) is 8.94. The molecule has 1 aromatic rings. The lowest BCUT2D eigenvalue weighted by Crippen LogP contribution is -2.53. The third kappa shape index (κ3) is 7.30. The second-order valence-corrected chi connectivity index (χ2v) is 13.6. The molecule has 4 rings (SSSR count). The van der Waals surface area contributed by atoms with E-state index in [2.05, 4.69) is 24.1 Å². The summed E-state index contributed by atoms with van der Waals surface area (Å²) in [7, 11) is 0. The molecule has 218 valence electrons. The highest BCUT2D eigenvalue weighted by Gasteiger charge is 2.42. The van der Waals surface area contributed by atoms with Crippen molar-refractivity contribution in [1.29, 1.82) is 0 Å². The smallest absolute Gasteiger partial charge is 0.410 e. The van der Waals surface area contributed by atoms with Gasteiger partial charge in [-0.05, 0) is 128 Å². The van der Waals surface area contributed by atoms with Gasteiger partial charge in [-0.1, -0.05) is 6.07 Å². The first kappa shape index (κ1) is 29.8. The second-order valence-electron chi connectivity index (χ2n) is 13.6. The average Bonchev–Trinajstić information content (AvgIpc) is 3.41. The Morgan fingerprint density at radius 1 is 0.974 bits per heavy atom. The Morgan fingerprint density at radius 3 is 2.15 bits per heavy atom. The molecule has 1 N–H and O–H groups in total. The van der Waals surface area contributed by atoms with Crippen molar-refractivity contribution in [2.24, 2.45) is 11.3 Å². The predicted octanol–water partition coefficient (Wildman–Crippen LogP) is 6.59. The van der Waals surface area contributed by atoms with Gasteiger partial charge in [0.2, 0.25) is 5.91 Å². The molecule has 39 heavy (non-hydrogen) atoms. The number of hydrogen-bond acceptors (Lipinski definition) is 4. The van der Waals surface area contributed by atoms with E-state index >= 15 is 0 Å². The van der Waals surface area contributed by atoms with Crippen LogP contribution >= 0.6 is 0 Å². The Hall–Kier alpha value is -2.22. The minimum Gasteiger partial charge on any atom is -0.444 e. The summed E-state index contributed by atoms with van der Waals surface area (Å²) in [5.41, 5.74) is -0.0798. The summed E-state index contributed by atoms with van der Waals surface area (Å²) in [4.78, 5) is 30.0. The molecule has 1 aromatic carbocycles. The number of piperidine rings is 1. The van der Waals surface area contributed by atoms with Crippen molar-refractivity contribution in [3.8, 4) is 0 Å². The van der Waals surface area contributed by atoms with Crippen molar-refractivity contribution in [3.05, 3.63) is 35.4 Å². The largest absolute Gasteiger partial charge is 0.444 e. The Balaban J connectivity index is 1.33. The summed E-state index contributed by atoms with van der Waals surface area (Å²) in [6.45, 7) is 13.1. The quantitative estimate of drug-likeness (QED) is 0.436. The van der Waals surface area contributed by atoms with Crippen molar-refractivity contribution in [1.82, 2.24) is 15.1 Å². The van der Waals surface area contributed by atoms with Gasteiger partial charge in [0.25, 0.3) is 0 Å². The number of nitrogens with one attached hydrogen (secondary N) is 1. The van der Waals surface area contributed by atoms with Crippen LogP contribution in [0.1, 0.15) is 104 Å². The normalized spacial score (nSPS) is 21.7. The molecule has 3 aliphatic rings. The van der Waals surface area contributed by atoms with E-state index in [-0.39, 0.29) is 17.4 Å². The van der Waals surface area contributed by atoms with Gasteiger partial charge in [0.1, 0.15) is 5.60 Å². The molecule has 1 atom stereocenters. The van der Waals surface area contributed by atoms with Crippen molar-refractivity contribution in [2.45, 2.75) is 110 Å². The lowest BCUT2D eigenvalue weighted by molar-refractivity contribution is -0.124. The fraction of sp³-hybridized carbons (Fsp3) is 0.742. The van der Waals surface area contributed by atoms with Crippen molar-refractivity contribution < 1.29 is 23.1 Å². The van der Waals surface area contributed by atoms with Crippen LogP contribution < -0.4 is 5.32 Å². The summed E-state index contributed by atoms with van der Waals surface area (Å²) in [6, 6.07) is 3.53. The maximum absolute atomic E-state index is 14.2. The van der Waals surface area contributed by atoms with Crippen LogP contribution in [-0.4, -0.2) is 59.1 Å². The number of nitrogens with zero attached hydrogens (tertiary/aromatic N) is 2. The van der Waals surface area contributed by atoms with Crippen molar-refractivity contribution in [2.75, 3.05) is 26.2 Å². The van der Waals surface area contributed by atoms with Gasteiger partial charge in [-0.3, -0.25) is 9.69 Å². The third-order valence-electron chi connectivity index (χ3n) is 9.33. The summed E-state index contributed by atoms with van der Waals surface area (Å²) < 4.78 is 33.5. The number of carbonyl (C=O) groups is 2. The molecular formula is C31H47F2N3O3. The molecule has 1 unspecified atom stereocenters. The van der Waals surface area contributed by atoms with Crippen LogP contribution in [0.3, 0.4) is 0 Å². The topological polar surface area (TPSA) is 61.9 Å². The molecule has 2 amide bonds. The van der Waals surface area contributed by atoms with Gasteiger partial charge in [-0.25, -0.2) is 13.6 Å². The first-order valence-electron chi connectivity index (χ1n) is 14.8. The zero-order chi connectivity index (χ0) is 28.4. The molecule has 3 fully saturated rings. The number of ether oxygens (including phenoxy) is 1. The first-order chi connectivity index (χ1) is 18.3. The summed E-state index contributed by atoms with van der Waals surface area (Å²) in [6.07, 6.45) is 8.49. The van der Waals surface area contributed by atoms with Crippen LogP contribution in [0, 0.1) is 23.0 Å². The van der Waals surface area contributed by atoms with Crippen LogP contribution in [0.4, 0.5) is 13.6 Å². The van der Waals surface area contributed by atoms with Crippen LogP contribution in [0.25, 0.3) is 0 Å². The molecule has 6 nitrogen and oxygen atoms in total. The molecule has 8 heteroatoms. The molecule has 2 saturated heterocycles. The van der Waals surface area contributed by atoms with Gasteiger partial charge < -0.3 is 15.0 Å². The predicted molar refractivity (Wildman–Crippen MR) is 148 cm³/mol. The van der Waals surface area contributed by atoms with Gasteiger partial charge in [-0.2, -0.15) is 0 Å². The molecule has 0 bridgehead atoms. The molecule has 0 aromatic heterocycles. The van der Waals surface area contributed by atoms with Crippen molar-refractivity contribution in [3.63, 3.8) is 0 Å². The average molecular weight is 548 g/mol. The summed E-state index contributed by atoms with van der Waals surface area (Å²) >= 11 is 0. The lowest BCUT2D eigenvalue weighted by Gasteiger charge is -2.46. The molecule has 2 heterocycles. The minimum absolute atomic E-state index is 0.0299. The van der Waals surface area contributed by atoms with E-state index in [0.29, 0.717) is 17.9 Å². The standard InChI is InChI=1S/C31H47F2N3O3/c1-29(2,3)39-28(38)35-18-14-31(15-19-35)12-10-22(11-13-31)20-26(37)34-27(23-8-9-24(32)25(33)21-23)30(4,5)36-16-6-7-17-36/h8-9,21-22,27H,6-7,10-20H2,1-5H3,(H,34,37). The number of rotatable bonds is 6. The van der Waals surface area contributed by atoms with Crippen molar-refractivity contribution >= 4 is 12.0 Å². The maximum Gasteiger partial charge on any atom is 0.410 e. The van der Waals surface area contributed by atoms with Gasteiger partial charge in [0.05, 0.1) is 6.04 Å². The SMILES string of the molecule is CC(C)(C)OC(=O)N1CCC2(CCC(CC(=O)NC(c3ccc(F)c(F)c3)C(C)(C)N3CCCC3)CC2)CC1. The van der Waals surface area contributed by atoms with Gasteiger partial charge >= 0.3 is 6.09 Å². The fourth-order valence-electron chi connectivity index (χ4n) is 6.80. The molecule has 0 radical (unpaired) electrons.